The summed E-state index contributed by atoms with van der Waals surface area (Å²) in [5.74, 6) is 0.924. The minimum Gasteiger partial charge on any atom is -0.368 e. The maximum absolute atomic E-state index is 12.9. The quantitative estimate of drug-likeness (QED) is 0.884. The first-order valence-corrected chi connectivity index (χ1v) is 6.08. The minimum absolute atomic E-state index is 0.00167. The van der Waals surface area contributed by atoms with E-state index in [1.165, 1.54) is 12.1 Å². The Labute approximate surface area is 111 Å². The molecule has 1 unspecified atom stereocenters. The van der Waals surface area contributed by atoms with Crippen LogP contribution < -0.4 is 11.1 Å². The summed E-state index contributed by atoms with van der Waals surface area (Å²) < 4.78 is 12.9. The van der Waals surface area contributed by atoms with Gasteiger partial charge in [0, 0.05) is 0 Å². The monoisotopic (exact) mass is 261 g/mol. The molecule has 1 heterocycles. The van der Waals surface area contributed by atoms with Crippen molar-refractivity contribution in [3.63, 3.8) is 0 Å². The lowest BCUT2D eigenvalue weighted by Gasteiger charge is -2.17. The Bertz CT molecular complexity index is 535. The number of rotatable bonds is 4. The van der Waals surface area contributed by atoms with Crippen LogP contribution in [0, 0.1) is 12.7 Å². The van der Waals surface area contributed by atoms with Crippen LogP contribution in [0.15, 0.2) is 24.3 Å². The van der Waals surface area contributed by atoms with Crippen molar-refractivity contribution < 1.29 is 4.39 Å². The summed E-state index contributed by atoms with van der Waals surface area (Å²) in [4.78, 5) is 12.1. The lowest BCUT2D eigenvalue weighted by Crippen LogP contribution is -2.14. The zero-order chi connectivity index (χ0) is 13.8. The van der Waals surface area contributed by atoms with Crippen LogP contribution in [0.3, 0.4) is 0 Å². The number of aromatic nitrogens is 3. The zero-order valence-electron chi connectivity index (χ0n) is 10.9. The van der Waals surface area contributed by atoms with Crippen molar-refractivity contribution in [2.24, 2.45) is 0 Å². The van der Waals surface area contributed by atoms with Gasteiger partial charge in [0.15, 0.2) is 0 Å². The Hall–Kier alpha value is -2.24. The van der Waals surface area contributed by atoms with Crippen LogP contribution in [0.2, 0.25) is 0 Å². The predicted octanol–water partition coefficient (Wildman–Crippen LogP) is 2.46. The molecule has 0 saturated heterocycles. The average molecular weight is 261 g/mol. The van der Waals surface area contributed by atoms with Crippen LogP contribution in [-0.4, -0.2) is 15.0 Å². The van der Waals surface area contributed by atoms with Gasteiger partial charge in [-0.3, -0.25) is 0 Å². The summed E-state index contributed by atoms with van der Waals surface area (Å²) in [5, 5.41) is 3.18. The number of nitrogens with two attached hydrogens (primary N) is 1. The number of nitrogens with zero attached hydrogens (tertiary/aromatic N) is 3. The molecule has 0 amide bonds. The maximum atomic E-state index is 12.9. The fourth-order valence-electron chi connectivity index (χ4n) is 1.84. The number of nitrogens with one attached hydrogen (secondary N) is 1. The molecule has 2 rings (SSSR count). The molecule has 1 aromatic carbocycles. The molecule has 0 aliphatic carbocycles. The fraction of sp³-hybridized carbons (Fsp3) is 0.308. The summed E-state index contributed by atoms with van der Waals surface area (Å²) in [6.45, 7) is 3.78. The van der Waals surface area contributed by atoms with Crippen molar-refractivity contribution in [3.05, 3.63) is 41.5 Å². The number of benzene rings is 1. The van der Waals surface area contributed by atoms with Gasteiger partial charge in [-0.05, 0) is 31.0 Å². The van der Waals surface area contributed by atoms with Gasteiger partial charge in [-0.2, -0.15) is 15.0 Å². The lowest BCUT2D eigenvalue weighted by molar-refractivity contribution is 0.625. The van der Waals surface area contributed by atoms with E-state index < -0.39 is 0 Å². The van der Waals surface area contributed by atoms with Crippen LogP contribution in [0.1, 0.15) is 30.8 Å². The highest BCUT2D eigenvalue weighted by Gasteiger charge is 2.11. The minimum atomic E-state index is -0.251. The number of hydrogen-bond donors (Lipinski definition) is 2. The Morgan fingerprint density at radius 1 is 1.21 bits per heavy atom. The molecular weight excluding hydrogens is 245 g/mol. The maximum Gasteiger partial charge on any atom is 0.228 e. The van der Waals surface area contributed by atoms with Crippen molar-refractivity contribution in [2.75, 3.05) is 11.1 Å². The molecule has 100 valence electrons. The molecule has 3 N–H and O–H groups in total. The van der Waals surface area contributed by atoms with Crippen LogP contribution in [0.25, 0.3) is 0 Å². The third-order valence-electron chi connectivity index (χ3n) is 2.75. The molecule has 2 aromatic rings. The summed E-state index contributed by atoms with van der Waals surface area (Å²) in [7, 11) is 0. The molecule has 0 aliphatic heterocycles. The van der Waals surface area contributed by atoms with Crippen LogP contribution in [0.4, 0.5) is 16.3 Å². The van der Waals surface area contributed by atoms with Gasteiger partial charge in [0.1, 0.15) is 11.6 Å². The molecular formula is C13H16FN5. The second kappa shape index (κ2) is 5.60. The van der Waals surface area contributed by atoms with E-state index in [2.05, 4.69) is 20.3 Å². The molecule has 6 heteroatoms. The van der Waals surface area contributed by atoms with E-state index in [0.29, 0.717) is 11.8 Å². The number of hydrogen-bond acceptors (Lipinski definition) is 5. The largest absolute Gasteiger partial charge is 0.368 e. The van der Waals surface area contributed by atoms with Gasteiger partial charge in [-0.1, -0.05) is 19.1 Å². The van der Waals surface area contributed by atoms with Crippen molar-refractivity contribution >= 4 is 11.9 Å². The van der Waals surface area contributed by atoms with Gasteiger partial charge in [-0.25, -0.2) is 4.39 Å². The summed E-state index contributed by atoms with van der Waals surface area (Å²) >= 11 is 0. The topological polar surface area (TPSA) is 76.7 Å². The van der Waals surface area contributed by atoms with Crippen LogP contribution >= 0.6 is 0 Å². The Morgan fingerprint density at radius 2 is 1.89 bits per heavy atom. The summed E-state index contributed by atoms with van der Waals surface area (Å²) in [6.07, 6.45) is 0.816. The second-order valence-electron chi connectivity index (χ2n) is 4.22. The third-order valence-corrected chi connectivity index (χ3v) is 2.75. The van der Waals surface area contributed by atoms with Gasteiger partial charge < -0.3 is 11.1 Å². The molecule has 0 spiro atoms. The van der Waals surface area contributed by atoms with Gasteiger partial charge in [0.25, 0.3) is 0 Å². The van der Waals surface area contributed by atoms with Gasteiger partial charge in [0.05, 0.1) is 6.04 Å². The first-order valence-electron chi connectivity index (χ1n) is 6.08. The highest BCUT2D eigenvalue weighted by molar-refractivity contribution is 5.35. The summed E-state index contributed by atoms with van der Waals surface area (Å²) in [5.41, 5.74) is 6.56. The number of halogens is 1. The van der Waals surface area contributed by atoms with E-state index in [4.69, 9.17) is 5.73 Å². The van der Waals surface area contributed by atoms with E-state index >= 15 is 0 Å². The van der Waals surface area contributed by atoms with E-state index in [0.717, 1.165) is 12.0 Å². The van der Waals surface area contributed by atoms with Crippen molar-refractivity contribution in [3.8, 4) is 0 Å². The van der Waals surface area contributed by atoms with E-state index in [-0.39, 0.29) is 17.8 Å². The predicted molar refractivity (Wildman–Crippen MR) is 72.0 cm³/mol. The molecule has 0 fully saturated rings. The first kappa shape index (κ1) is 13.2. The molecule has 1 aromatic heterocycles. The van der Waals surface area contributed by atoms with Crippen LogP contribution in [-0.2, 0) is 0 Å². The Morgan fingerprint density at radius 3 is 2.47 bits per heavy atom. The number of anilines is 2. The number of nitrogen functional groups attached to an aromatic ring is 1. The van der Waals surface area contributed by atoms with Gasteiger partial charge in [-0.15, -0.1) is 0 Å². The highest BCUT2D eigenvalue weighted by Crippen LogP contribution is 2.21. The van der Waals surface area contributed by atoms with E-state index in [9.17, 15) is 4.39 Å². The van der Waals surface area contributed by atoms with Crippen molar-refractivity contribution in [2.45, 2.75) is 26.3 Å². The molecule has 19 heavy (non-hydrogen) atoms. The van der Waals surface area contributed by atoms with E-state index in [1.54, 1.807) is 19.1 Å². The highest BCUT2D eigenvalue weighted by atomic mass is 19.1. The van der Waals surface area contributed by atoms with Crippen molar-refractivity contribution in [1.82, 2.24) is 15.0 Å². The molecule has 0 aliphatic rings. The Kier molecular flexibility index (Phi) is 3.89. The third kappa shape index (κ3) is 3.37. The molecule has 5 nitrogen and oxygen atoms in total. The normalized spacial score (nSPS) is 12.2. The molecule has 0 bridgehead atoms. The fourth-order valence-corrected chi connectivity index (χ4v) is 1.84. The van der Waals surface area contributed by atoms with Crippen molar-refractivity contribution in [1.29, 1.82) is 0 Å². The molecule has 1 atom stereocenters. The second-order valence-corrected chi connectivity index (χ2v) is 4.22. The first-order chi connectivity index (χ1) is 9.08. The SMILES string of the molecule is CCC(Nc1nc(C)nc(N)n1)c1ccc(F)cc1. The van der Waals surface area contributed by atoms with Gasteiger partial charge >= 0.3 is 0 Å². The van der Waals surface area contributed by atoms with E-state index in [1.807, 2.05) is 6.92 Å². The number of aryl methyl sites for hydroxylation is 1. The standard InChI is InChI=1S/C13H16FN5/c1-3-11(9-4-6-10(14)7-5-9)18-13-17-8(2)16-12(15)19-13/h4-7,11H,3H2,1-2H3,(H3,15,16,17,18,19). The Balaban J connectivity index is 2.21. The smallest absolute Gasteiger partial charge is 0.228 e. The van der Waals surface area contributed by atoms with Crippen LogP contribution in [0.5, 0.6) is 0 Å². The molecule has 0 radical (unpaired) electrons. The summed E-state index contributed by atoms with van der Waals surface area (Å²) in [6, 6.07) is 6.36. The molecule has 0 saturated carbocycles. The zero-order valence-corrected chi connectivity index (χ0v) is 10.9. The lowest BCUT2D eigenvalue weighted by atomic mass is 10.0. The van der Waals surface area contributed by atoms with Gasteiger partial charge in [0.2, 0.25) is 11.9 Å². The average Bonchev–Trinajstić information content (AvgIpc) is 2.36.